The van der Waals surface area contributed by atoms with Crippen molar-refractivity contribution in [1.29, 1.82) is 0 Å². The van der Waals surface area contributed by atoms with Gasteiger partial charge in [0, 0.05) is 36.3 Å². The number of nitrogens with one attached hydrogen (secondary N) is 1. The Balaban J connectivity index is 1.75. The van der Waals surface area contributed by atoms with Gasteiger partial charge in [-0.3, -0.25) is 4.79 Å². The first-order chi connectivity index (χ1) is 11.8. The standard InChI is InChI=1S/C18H19F3N2OS/c1-23(15-6-3-2-4-7-15)13-5-12-22-17(24)14-8-10-16(11-9-14)25-18(19,20)21/h2-4,6-11H,5,12-13H2,1H3,(H,22,24). The highest BCUT2D eigenvalue weighted by Gasteiger charge is 2.29. The summed E-state index contributed by atoms with van der Waals surface area (Å²) in [7, 11) is 1.98. The Hall–Kier alpha value is -2.15. The smallest absolute Gasteiger partial charge is 0.375 e. The number of hydrogen-bond acceptors (Lipinski definition) is 3. The zero-order valence-corrected chi connectivity index (χ0v) is 14.5. The molecular formula is C18H19F3N2OS. The molecule has 7 heteroatoms. The highest BCUT2D eigenvalue weighted by atomic mass is 32.2. The van der Waals surface area contributed by atoms with Gasteiger partial charge in [0.25, 0.3) is 5.91 Å². The van der Waals surface area contributed by atoms with Crippen LogP contribution in [-0.2, 0) is 0 Å². The molecule has 1 N–H and O–H groups in total. The van der Waals surface area contributed by atoms with Crippen LogP contribution in [0, 0.1) is 0 Å². The van der Waals surface area contributed by atoms with Crippen molar-refractivity contribution in [3.05, 3.63) is 60.2 Å². The van der Waals surface area contributed by atoms with Gasteiger partial charge in [0.1, 0.15) is 0 Å². The number of carbonyl (C=O) groups is 1. The molecule has 0 saturated carbocycles. The van der Waals surface area contributed by atoms with Crippen LogP contribution in [-0.4, -0.2) is 31.6 Å². The van der Waals surface area contributed by atoms with Gasteiger partial charge in [-0.2, -0.15) is 13.2 Å². The Kier molecular flexibility index (Phi) is 6.75. The van der Waals surface area contributed by atoms with Crippen LogP contribution in [0.5, 0.6) is 0 Å². The second-order valence-electron chi connectivity index (χ2n) is 5.44. The van der Waals surface area contributed by atoms with Crippen molar-refractivity contribution >= 4 is 23.4 Å². The second kappa shape index (κ2) is 8.80. The number of carbonyl (C=O) groups excluding carboxylic acids is 1. The van der Waals surface area contributed by atoms with Crippen molar-refractivity contribution in [1.82, 2.24) is 5.32 Å². The molecule has 25 heavy (non-hydrogen) atoms. The number of amides is 1. The van der Waals surface area contributed by atoms with Gasteiger partial charge in [-0.1, -0.05) is 18.2 Å². The first kappa shape index (κ1) is 19.2. The first-order valence-corrected chi connectivity index (χ1v) is 8.57. The normalized spacial score (nSPS) is 11.2. The summed E-state index contributed by atoms with van der Waals surface area (Å²) in [5.41, 5.74) is -2.87. The van der Waals surface area contributed by atoms with Crippen LogP contribution in [0.25, 0.3) is 0 Å². The van der Waals surface area contributed by atoms with Crippen LogP contribution in [0.2, 0.25) is 0 Å². The molecule has 0 spiro atoms. The van der Waals surface area contributed by atoms with Crippen molar-refractivity contribution in [2.45, 2.75) is 16.8 Å². The van der Waals surface area contributed by atoms with E-state index in [1.54, 1.807) is 0 Å². The van der Waals surface area contributed by atoms with Gasteiger partial charge in [0.05, 0.1) is 0 Å². The van der Waals surface area contributed by atoms with Gasteiger partial charge in [0.15, 0.2) is 0 Å². The quantitative estimate of drug-likeness (QED) is 0.575. The number of alkyl halides is 3. The van der Waals surface area contributed by atoms with E-state index in [1.165, 1.54) is 24.3 Å². The molecule has 2 aromatic rings. The third-order valence-corrected chi connectivity index (χ3v) is 4.24. The number of anilines is 1. The molecule has 3 nitrogen and oxygen atoms in total. The Morgan fingerprint density at radius 2 is 1.72 bits per heavy atom. The van der Waals surface area contributed by atoms with E-state index in [1.807, 2.05) is 37.4 Å². The molecule has 0 saturated heterocycles. The maximum Gasteiger partial charge on any atom is 0.446 e. The minimum Gasteiger partial charge on any atom is -0.375 e. The molecule has 0 aliphatic carbocycles. The number of halogens is 3. The van der Waals surface area contributed by atoms with Crippen LogP contribution >= 0.6 is 11.8 Å². The highest BCUT2D eigenvalue weighted by Crippen LogP contribution is 2.36. The van der Waals surface area contributed by atoms with E-state index in [9.17, 15) is 18.0 Å². The molecule has 0 aromatic heterocycles. The lowest BCUT2D eigenvalue weighted by molar-refractivity contribution is -0.0328. The molecule has 0 atom stereocenters. The van der Waals surface area contributed by atoms with Gasteiger partial charge >= 0.3 is 5.51 Å². The summed E-state index contributed by atoms with van der Waals surface area (Å²) in [6.07, 6.45) is 0.763. The molecule has 0 aliphatic rings. The van der Waals surface area contributed by atoms with Crippen LogP contribution in [0.1, 0.15) is 16.8 Å². The molecule has 0 radical (unpaired) electrons. The van der Waals surface area contributed by atoms with Crippen molar-refractivity contribution in [2.75, 3.05) is 25.0 Å². The van der Waals surface area contributed by atoms with Gasteiger partial charge in [-0.05, 0) is 54.6 Å². The maximum absolute atomic E-state index is 12.3. The summed E-state index contributed by atoms with van der Waals surface area (Å²) in [6, 6.07) is 15.3. The summed E-state index contributed by atoms with van der Waals surface area (Å²) in [6.45, 7) is 1.28. The zero-order chi connectivity index (χ0) is 18.3. The van der Waals surface area contributed by atoms with E-state index in [0.717, 1.165) is 18.7 Å². The lowest BCUT2D eigenvalue weighted by atomic mass is 10.2. The number of rotatable bonds is 7. The third-order valence-electron chi connectivity index (χ3n) is 3.50. The number of thioether (sulfide) groups is 1. The topological polar surface area (TPSA) is 32.3 Å². The predicted molar refractivity (Wildman–Crippen MR) is 95.0 cm³/mol. The second-order valence-corrected chi connectivity index (χ2v) is 6.58. The highest BCUT2D eigenvalue weighted by molar-refractivity contribution is 8.00. The first-order valence-electron chi connectivity index (χ1n) is 7.75. The minimum absolute atomic E-state index is 0.0635. The molecular weight excluding hydrogens is 349 g/mol. The van der Waals surface area contributed by atoms with Crippen molar-refractivity contribution < 1.29 is 18.0 Å². The summed E-state index contributed by atoms with van der Waals surface area (Å²) < 4.78 is 36.8. The number of para-hydroxylation sites is 1. The van der Waals surface area contributed by atoms with Crippen LogP contribution in [0.4, 0.5) is 18.9 Å². The van der Waals surface area contributed by atoms with Crippen LogP contribution < -0.4 is 10.2 Å². The van der Waals surface area contributed by atoms with Gasteiger partial charge < -0.3 is 10.2 Å². The Morgan fingerprint density at radius 1 is 1.08 bits per heavy atom. The SMILES string of the molecule is CN(CCCNC(=O)c1ccc(SC(F)(F)F)cc1)c1ccccc1. The summed E-state index contributed by atoms with van der Waals surface area (Å²) in [5.74, 6) is -0.286. The summed E-state index contributed by atoms with van der Waals surface area (Å²) in [4.78, 5) is 14.2. The average molecular weight is 368 g/mol. The molecule has 134 valence electrons. The van der Waals surface area contributed by atoms with E-state index >= 15 is 0 Å². The average Bonchev–Trinajstić information content (AvgIpc) is 2.58. The van der Waals surface area contributed by atoms with Gasteiger partial charge in [-0.15, -0.1) is 0 Å². The van der Waals surface area contributed by atoms with Crippen molar-refractivity contribution in [2.24, 2.45) is 0 Å². The molecule has 2 rings (SSSR count). The molecule has 0 bridgehead atoms. The zero-order valence-electron chi connectivity index (χ0n) is 13.7. The van der Waals surface area contributed by atoms with E-state index < -0.39 is 5.51 Å². The summed E-state index contributed by atoms with van der Waals surface area (Å²) in [5, 5.41) is 2.78. The Labute approximate surface area is 149 Å². The Bertz CT molecular complexity index is 675. The van der Waals surface area contributed by atoms with E-state index in [2.05, 4.69) is 10.2 Å². The maximum atomic E-state index is 12.3. The number of nitrogens with zero attached hydrogens (tertiary/aromatic N) is 1. The van der Waals surface area contributed by atoms with Crippen LogP contribution in [0.15, 0.2) is 59.5 Å². The largest absolute Gasteiger partial charge is 0.446 e. The van der Waals surface area contributed by atoms with E-state index in [-0.39, 0.29) is 22.6 Å². The number of benzene rings is 2. The lowest BCUT2D eigenvalue weighted by Crippen LogP contribution is -2.28. The fourth-order valence-electron chi connectivity index (χ4n) is 2.24. The molecule has 0 fully saturated rings. The van der Waals surface area contributed by atoms with Crippen molar-refractivity contribution in [3.8, 4) is 0 Å². The van der Waals surface area contributed by atoms with Crippen molar-refractivity contribution in [3.63, 3.8) is 0 Å². The van der Waals surface area contributed by atoms with E-state index in [0.29, 0.717) is 12.1 Å². The number of hydrogen-bond donors (Lipinski definition) is 1. The third kappa shape index (κ3) is 6.70. The molecule has 0 heterocycles. The van der Waals surface area contributed by atoms with Gasteiger partial charge in [0.2, 0.25) is 0 Å². The minimum atomic E-state index is -4.32. The summed E-state index contributed by atoms with van der Waals surface area (Å²) >= 11 is -0.193. The molecule has 0 unspecified atom stereocenters. The van der Waals surface area contributed by atoms with Crippen LogP contribution in [0.3, 0.4) is 0 Å². The van der Waals surface area contributed by atoms with E-state index in [4.69, 9.17) is 0 Å². The fraction of sp³-hybridized carbons (Fsp3) is 0.278. The van der Waals surface area contributed by atoms with Gasteiger partial charge in [-0.25, -0.2) is 0 Å². The predicted octanol–water partition coefficient (Wildman–Crippen LogP) is 4.55. The molecule has 0 aliphatic heterocycles. The molecule has 1 amide bonds. The lowest BCUT2D eigenvalue weighted by Gasteiger charge is -2.19. The monoisotopic (exact) mass is 368 g/mol. The fourth-order valence-corrected chi connectivity index (χ4v) is 2.78. The Morgan fingerprint density at radius 3 is 2.32 bits per heavy atom. The molecule has 2 aromatic carbocycles.